The van der Waals surface area contributed by atoms with E-state index in [0.717, 1.165) is 47.9 Å². The molecule has 0 N–H and O–H groups in total. The minimum absolute atomic E-state index is 0.205. The molecular weight excluding hydrogens is 268 g/mol. The minimum Gasteiger partial charge on any atom is -0.338 e. The van der Waals surface area contributed by atoms with Gasteiger partial charge in [0.15, 0.2) is 0 Å². The van der Waals surface area contributed by atoms with Crippen LogP contribution in [-0.4, -0.2) is 28.9 Å². The number of amides is 1. The number of carbonyl (C=O) groups is 1. The molecule has 0 atom stereocenters. The van der Waals surface area contributed by atoms with Crippen LogP contribution in [0.3, 0.4) is 0 Å². The fourth-order valence-electron chi connectivity index (χ4n) is 2.68. The summed E-state index contributed by atoms with van der Waals surface area (Å²) in [4.78, 5) is 20.2. The monoisotopic (exact) mass is 294 g/mol. The third kappa shape index (κ3) is 4.05. The van der Waals surface area contributed by atoms with Crippen molar-refractivity contribution in [2.75, 3.05) is 13.1 Å². The number of thiazole rings is 1. The van der Waals surface area contributed by atoms with Gasteiger partial charge in [-0.1, -0.05) is 33.1 Å². The van der Waals surface area contributed by atoms with Gasteiger partial charge < -0.3 is 4.90 Å². The van der Waals surface area contributed by atoms with Crippen LogP contribution in [-0.2, 0) is 6.42 Å². The molecule has 1 aliphatic heterocycles. The number of likely N-dealkylation sites (tertiary alicyclic amines) is 1. The Hall–Kier alpha value is -0.900. The van der Waals surface area contributed by atoms with Gasteiger partial charge in [0.2, 0.25) is 0 Å². The molecule has 0 aliphatic carbocycles. The van der Waals surface area contributed by atoms with Crippen LogP contribution in [0, 0.1) is 12.8 Å². The van der Waals surface area contributed by atoms with E-state index < -0.39 is 0 Å². The van der Waals surface area contributed by atoms with Gasteiger partial charge in [0.05, 0.1) is 10.7 Å². The van der Waals surface area contributed by atoms with Crippen LogP contribution < -0.4 is 0 Å². The molecule has 0 saturated carbocycles. The number of hydrogen-bond donors (Lipinski definition) is 0. The molecule has 1 saturated heterocycles. The molecule has 0 aromatic carbocycles. The second kappa shape index (κ2) is 7.21. The molecule has 3 nitrogen and oxygen atoms in total. The highest BCUT2D eigenvalue weighted by molar-refractivity contribution is 7.13. The van der Waals surface area contributed by atoms with E-state index in [1.54, 1.807) is 11.3 Å². The summed E-state index contributed by atoms with van der Waals surface area (Å²) in [6, 6.07) is 0. The largest absolute Gasteiger partial charge is 0.338 e. The maximum Gasteiger partial charge on any atom is 0.265 e. The average Bonchev–Trinajstić information content (AvgIpc) is 2.68. The van der Waals surface area contributed by atoms with Crippen LogP contribution in [0.4, 0.5) is 0 Å². The Morgan fingerprint density at radius 1 is 1.20 bits per heavy atom. The van der Waals surface area contributed by atoms with Crippen molar-refractivity contribution in [1.82, 2.24) is 9.88 Å². The SMILES string of the molecule is Cc1nc(CC(C)C)sc1C(=O)N1CCCCCCC1. The van der Waals surface area contributed by atoms with Gasteiger partial charge in [-0.3, -0.25) is 4.79 Å². The van der Waals surface area contributed by atoms with Crippen molar-refractivity contribution in [2.24, 2.45) is 5.92 Å². The normalized spacial score (nSPS) is 17.1. The highest BCUT2D eigenvalue weighted by Gasteiger charge is 2.22. The van der Waals surface area contributed by atoms with E-state index in [4.69, 9.17) is 0 Å². The van der Waals surface area contributed by atoms with E-state index in [0.29, 0.717) is 5.92 Å². The fraction of sp³-hybridized carbons (Fsp3) is 0.750. The lowest BCUT2D eigenvalue weighted by molar-refractivity contribution is 0.0746. The van der Waals surface area contributed by atoms with Crippen LogP contribution in [0.25, 0.3) is 0 Å². The Labute approximate surface area is 126 Å². The van der Waals surface area contributed by atoms with Crippen LogP contribution in [0.1, 0.15) is 66.3 Å². The third-order valence-corrected chi connectivity index (χ3v) is 4.93. The van der Waals surface area contributed by atoms with Crippen molar-refractivity contribution < 1.29 is 4.79 Å². The molecule has 1 aromatic rings. The van der Waals surface area contributed by atoms with E-state index in [1.165, 1.54) is 19.3 Å². The van der Waals surface area contributed by atoms with Gasteiger partial charge >= 0.3 is 0 Å². The summed E-state index contributed by atoms with van der Waals surface area (Å²) in [5, 5.41) is 1.10. The molecule has 1 amide bonds. The second-order valence-corrected chi connectivity index (χ2v) is 7.26. The highest BCUT2D eigenvalue weighted by Crippen LogP contribution is 2.23. The molecule has 0 unspecified atom stereocenters. The average molecular weight is 294 g/mol. The molecule has 2 heterocycles. The number of hydrogen-bond acceptors (Lipinski definition) is 3. The quantitative estimate of drug-likeness (QED) is 0.842. The van der Waals surface area contributed by atoms with Gasteiger partial charge in [-0.05, 0) is 25.7 Å². The van der Waals surface area contributed by atoms with Gasteiger partial charge in [0.1, 0.15) is 4.88 Å². The first-order valence-electron chi connectivity index (χ1n) is 7.83. The molecule has 1 fully saturated rings. The van der Waals surface area contributed by atoms with E-state index in [1.807, 2.05) is 11.8 Å². The van der Waals surface area contributed by atoms with Gasteiger partial charge in [0.25, 0.3) is 5.91 Å². The van der Waals surface area contributed by atoms with Crippen LogP contribution in [0.15, 0.2) is 0 Å². The summed E-state index contributed by atoms with van der Waals surface area (Å²) in [5.41, 5.74) is 0.915. The standard InChI is InChI=1S/C16H26N2OS/c1-12(2)11-14-17-13(3)15(20-14)16(19)18-9-7-5-4-6-8-10-18/h12H,4-11H2,1-3H3. The summed E-state index contributed by atoms with van der Waals surface area (Å²) in [6.07, 6.45) is 7.08. The lowest BCUT2D eigenvalue weighted by Gasteiger charge is -2.24. The topological polar surface area (TPSA) is 33.2 Å². The first kappa shape index (κ1) is 15.5. The third-order valence-electron chi connectivity index (χ3n) is 3.76. The van der Waals surface area contributed by atoms with Crippen molar-refractivity contribution in [2.45, 2.75) is 59.3 Å². The molecule has 1 aromatic heterocycles. The second-order valence-electron chi connectivity index (χ2n) is 6.18. The summed E-state index contributed by atoms with van der Waals surface area (Å²) >= 11 is 1.60. The Morgan fingerprint density at radius 2 is 1.80 bits per heavy atom. The van der Waals surface area contributed by atoms with Crippen molar-refractivity contribution in [3.63, 3.8) is 0 Å². The molecule has 20 heavy (non-hydrogen) atoms. The fourth-order valence-corrected chi connectivity index (χ4v) is 3.93. The Morgan fingerprint density at radius 3 is 2.40 bits per heavy atom. The molecule has 1 aliphatic rings. The summed E-state index contributed by atoms with van der Waals surface area (Å²) in [5.74, 6) is 0.794. The lowest BCUT2D eigenvalue weighted by atomic mass is 10.1. The zero-order valence-corrected chi connectivity index (χ0v) is 13.8. The van der Waals surface area contributed by atoms with Crippen molar-refractivity contribution >= 4 is 17.2 Å². The summed E-state index contributed by atoms with van der Waals surface area (Å²) in [7, 11) is 0. The Balaban J connectivity index is 2.08. The predicted molar refractivity (Wildman–Crippen MR) is 84.4 cm³/mol. The molecule has 0 bridgehead atoms. The van der Waals surface area contributed by atoms with Gasteiger partial charge in [-0.15, -0.1) is 11.3 Å². The molecule has 0 radical (unpaired) electrons. The Kier molecular flexibility index (Phi) is 5.58. The summed E-state index contributed by atoms with van der Waals surface area (Å²) in [6.45, 7) is 8.18. The van der Waals surface area contributed by atoms with Crippen molar-refractivity contribution in [1.29, 1.82) is 0 Å². The lowest BCUT2D eigenvalue weighted by Crippen LogP contribution is -2.33. The van der Waals surface area contributed by atoms with Gasteiger partial charge in [0, 0.05) is 19.5 Å². The summed E-state index contributed by atoms with van der Waals surface area (Å²) < 4.78 is 0. The molecule has 112 valence electrons. The van der Waals surface area contributed by atoms with Crippen molar-refractivity contribution in [3.8, 4) is 0 Å². The smallest absolute Gasteiger partial charge is 0.265 e. The molecule has 0 spiro atoms. The zero-order valence-electron chi connectivity index (χ0n) is 12.9. The molecular formula is C16H26N2OS. The van der Waals surface area contributed by atoms with E-state index in [-0.39, 0.29) is 5.91 Å². The number of nitrogens with zero attached hydrogens (tertiary/aromatic N) is 2. The van der Waals surface area contributed by atoms with E-state index in [2.05, 4.69) is 18.8 Å². The van der Waals surface area contributed by atoms with Crippen LogP contribution in [0.2, 0.25) is 0 Å². The number of rotatable bonds is 3. The minimum atomic E-state index is 0.205. The number of aromatic nitrogens is 1. The van der Waals surface area contributed by atoms with Crippen LogP contribution >= 0.6 is 11.3 Å². The van der Waals surface area contributed by atoms with E-state index >= 15 is 0 Å². The van der Waals surface area contributed by atoms with Gasteiger partial charge in [-0.2, -0.15) is 0 Å². The van der Waals surface area contributed by atoms with Crippen LogP contribution in [0.5, 0.6) is 0 Å². The number of aryl methyl sites for hydroxylation is 1. The first-order valence-corrected chi connectivity index (χ1v) is 8.65. The maximum absolute atomic E-state index is 12.7. The van der Waals surface area contributed by atoms with Gasteiger partial charge in [-0.25, -0.2) is 4.98 Å². The van der Waals surface area contributed by atoms with Crippen molar-refractivity contribution in [3.05, 3.63) is 15.6 Å². The maximum atomic E-state index is 12.7. The number of carbonyl (C=O) groups excluding carboxylic acids is 1. The highest BCUT2D eigenvalue weighted by atomic mass is 32.1. The van der Waals surface area contributed by atoms with E-state index in [9.17, 15) is 4.79 Å². The molecule has 4 heteroatoms. The zero-order chi connectivity index (χ0) is 14.5. The predicted octanol–water partition coefficient (Wildman–Crippen LogP) is 4.06. The Bertz CT molecular complexity index is 445. The first-order chi connectivity index (χ1) is 9.58. The molecule has 2 rings (SSSR count).